The van der Waals surface area contributed by atoms with Gasteiger partial charge in [-0.25, -0.2) is 22.5 Å². The molecule has 0 radical (unpaired) electrons. The van der Waals surface area contributed by atoms with Gasteiger partial charge in [-0.05, 0) is 43.3 Å². The molecule has 8 nitrogen and oxygen atoms in total. The second-order valence-electron chi connectivity index (χ2n) is 6.98. The molecule has 0 unspecified atom stereocenters. The number of halogens is 1. The Balaban J connectivity index is 1.48. The Kier molecular flexibility index (Phi) is 5.76. The highest BCUT2D eigenvalue weighted by molar-refractivity contribution is 7.92. The van der Waals surface area contributed by atoms with E-state index in [2.05, 4.69) is 20.1 Å². The third kappa shape index (κ3) is 4.84. The molecule has 0 aliphatic rings. The van der Waals surface area contributed by atoms with Crippen molar-refractivity contribution in [3.63, 3.8) is 0 Å². The van der Waals surface area contributed by atoms with Crippen LogP contribution in [-0.2, 0) is 10.0 Å². The van der Waals surface area contributed by atoms with Crippen molar-refractivity contribution in [2.75, 3.05) is 16.3 Å². The van der Waals surface area contributed by atoms with Gasteiger partial charge in [-0.15, -0.1) is 11.3 Å². The summed E-state index contributed by atoms with van der Waals surface area (Å²) in [5.41, 5.74) is 3.51. The third-order valence-corrected chi connectivity index (χ3v) is 5.90. The van der Waals surface area contributed by atoms with E-state index in [0.29, 0.717) is 33.5 Å². The Labute approximate surface area is 187 Å². The van der Waals surface area contributed by atoms with Crippen LogP contribution in [0.15, 0.2) is 60.1 Å². The second kappa shape index (κ2) is 8.52. The van der Waals surface area contributed by atoms with Crippen molar-refractivity contribution in [1.29, 1.82) is 0 Å². The number of rotatable bonds is 6. The summed E-state index contributed by atoms with van der Waals surface area (Å²) >= 11 is 1.27. The minimum Gasteiger partial charge on any atom is -0.298 e. The number of nitrogens with zero attached hydrogens (tertiary/aromatic N) is 3. The molecular formula is C21H18FN5O3S2. The Morgan fingerprint density at radius 1 is 1.09 bits per heavy atom. The molecule has 2 aromatic carbocycles. The zero-order chi connectivity index (χ0) is 22.9. The highest BCUT2D eigenvalue weighted by Crippen LogP contribution is 2.27. The number of aromatic nitrogens is 3. The minimum absolute atomic E-state index is 0.350. The van der Waals surface area contributed by atoms with E-state index in [4.69, 9.17) is 0 Å². The van der Waals surface area contributed by atoms with E-state index in [1.807, 2.05) is 0 Å². The molecule has 1 amide bonds. The van der Waals surface area contributed by atoms with Crippen LogP contribution in [-0.4, -0.2) is 35.3 Å². The van der Waals surface area contributed by atoms with Gasteiger partial charge in [0.1, 0.15) is 5.82 Å². The van der Waals surface area contributed by atoms with E-state index in [9.17, 15) is 17.6 Å². The number of carbonyl (C=O) groups excluding carboxylic acids is 1. The fourth-order valence-corrected chi connectivity index (χ4v) is 4.31. The first-order valence-electron chi connectivity index (χ1n) is 9.35. The topological polar surface area (TPSA) is 106 Å². The molecule has 0 spiro atoms. The van der Waals surface area contributed by atoms with Gasteiger partial charge in [0.15, 0.2) is 5.13 Å². The van der Waals surface area contributed by atoms with Crippen molar-refractivity contribution in [1.82, 2.24) is 14.8 Å². The number of anilines is 2. The van der Waals surface area contributed by atoms with Crippen LogP contribution in [0.1, 0.15) is 16.1 Å². The first-order chi connectivity index (χ1) is 15.2. The molecule has 0 saturated carbocycles. The maximum Gasteiger partial charge on any atom is 0.260 e. The number of nitrogens with one attached hydrogen (secondary N) is 2. The lowest BCUT2D eigenvalue weighted by molar-refractivity contribution is 0.102. The lowest BCUT2D eigenvalue weighted by atomic mass is 10.1. The highest BCUT2D eigenvalue weighted by Gasteiger charge is 2.17. The van der Waals surface area contributed by atoms with Crippen molar-refractivity contribution >= 4 is 38.1 Å². The Morgan fingerprint density at radius 2 is 1.78 bits per heavy atom. The molecule has 2 N–H and O–H groups in total. The van der Waals surface area contributed by atoms with Crippen LogP contribution in [0, 0.1) is 12.7 Å². The van der Waals surface area contributed by atoms with Gasteiger partial charge < -0.3 is 0 Å². The first-order valence-corrected chi connectivity index (χ1v) is 12.1. The molecule has 11 heteroatoms. The van der Waals surface area contributed by atoms with Crippen molar-refractivity contribution in [2.45, 2.75) is 6.92 Å². The molecular weight excluding hydrogens is 453 g/mol. The summed E-state index contributed by atoms with van der Waals surface area (Å²) in [5, 5.41) is 9.21. The monoisotopic (exact) mass is 471 g/mol. The minimum atomic E-state index is -3.35. The summed E-state index contributed by atoms with van der Waals surface area (Å²) in [4.78, 5) is 17.2. The summed E-state index contributed by atoms with van der Waals surface area (Å²) in [6.45, 7) is 1.75. The number of carbonyl (C=O) groups is 1. The average molecular weight is 472 g/mol. The van der Waals surface area contributed by atoms with Crippen LogP contribution >= 0.6 is 11.3 Å². The largest absolute Gasteiger partial charge is 0.298 e. The van der Waals surface area contributed by atoms with E-state index in [1.165, 1.54) is 29.7 Å². The fraction of sp³-hybridized carbons (Fsp3) is 0.0952. The molecule has 0 aliphatic carbocycles. The molecule has 164 valence electrons. The summed E-state index contributed by atoms with van der Waals surface area (Å²) in [6.07, 6.45) is 2.54. The van der Waals surface area contributed by atoms with E-state index in [0.717, 1.165) is 11.8 Å². The molecule has 0 saturated heterocycles. The van der Waals surface area contributed by atoms with Crippen molar-refractivity contribution in [2.24, 2.45) is 0 Å². The normalized spacial score (nSPS) is 11.3. The Hall–Kier alpha value is -3.57. The van der Waals surface area contributed by atoms with Crippen LogP contribution in [0.2, 0.25) is 0 Å². The maximum absolute atomic E-state index is 13.2. The third-order valence-electron chi connectivity index (χ3n) is 4.53. The van der Waals surface area contributed by atoms with Gasteiger partial charge in [0.2, 0.25) is 10.0 Å². The summed E-state index contributed by atoms with van der Waals surface area (Å²) in [7, 11) is -3.35. The van der Waals surface area contributed by atoms with Crippen LogP contribution in [0.4, 0.5) is 15.2 Å². The summed E-state index contributed by atoms with van der Waals surface area (Å²) < 4.78 is 39.8. The maximum atomic E-state index is 13.2. The van der Waals surface area contributed by atoms with Gasteiger partial charge in [0, 0.05) is 16.6 Å². The molecule has 4 aromatic rings. The van der Waals surface area contributed by atoms with Crippen LogP contribution in [0.3, 0.4) is 0 Å². The quantitative estimate of drug-likeness (QED) is 0.441. The van der Waals surface area contributed by atoms with Gasteiger partial charge in [-0.2, -0.15) is 5.10 Å². The van der Waals surface area contributed by atoms with E-state index >= 15 is 0 Å². The van der Waals surface area contributed by atoms with E-state index in [-0.39, 0.29) is 11.7 Å². The number of amides is 1. The smallest absolute Gasteiger partial charge is 0.260 e. The van der Waals surface area contributed by atoms with E-state index < -0.39 is 10.0 Å². The van der Waals surface area contributed by atoms with E-state index in [1.54, 1.807) is 53.4 Å². The van der Waals surface area contributed by atoms with Crippen molar-refractivity contribution in [3.8, 4) is 16.9 Å². The number of hydrogen-bond donors (Lipinski definition) is 2. The second-order valence-corrected chi connectivity index (χ2v) is 9.58. The lowest BCUT2D eigenvalue weighted by Gasteiger charge is -2.05. The van der Waals surface area contributed by atoms with Gasteiger partial charge in [-0.3, -0.25) is 14.8 Å². The molecule has 2 heterocycles. The zero-order valence-corrected chi connectivity index (χ0v) is 18.7. The van der Waals surface area contributed by atoms with Gasteiger partial charge in [0.25, 0.3) is 5.91 Å². The first kappa shape index (κ1) is 21.7. The van der Waals surface area contributed by atoms with Crippen molar-refractivity contribution < 1.29 is 17.6 Å². The number of thiazole rings is 1. The Morgan fingerprint density at radius 3 is 2.44 bits per heavy atom. The number of hydrogen-bond acceptors (Lipinski definition) is 6. The number of benzene rings is 2. The van der Waals surface area contributed by atoms with Crippen LogP contribution < -0.4 is 10.0 Å². The van der Waals surface area contributed by atoms with Crippen LogP contribution in [0.5, 0.6) is 0 Å². The highest BCUT2D eigenvalue weighted by atomic mass is 32.2. The summed E-state index contributed by atoms with van der Waals surface area (Å²) in [5.74, 6) is -0.707. The molecule has 0 fully saturated rings. The average Bonchev–Trinajstić information content (AvgIpc) is 3.35. The fourth-order valence-electron chi connectivity index (χ4n) is 3.03. The number of sulfonamides is 1. The molecule has 0 bridgehead atoms. The molecule has 2 aromatic heterocycles. The lowest BCUT2D eigenvalue weighted by Crippen LogP contribution is -2.13. The molecule has 32 heavy (non-hydrogen) atoms. The standard InChI is InChI=1S/C21H18FN5O3S2/c1-13-18(11-23-27(13)17-9-5-15(22)6-10-17)20(28)25-21-24-19(12-31-21)14-3-7-16(8-4-14)26-32(2,29)30/h3-12,26H,1-2H3,(H,24,25,28). The van der Waals surface area contributed by atoms with Gasteiger partial charge in [0.05, 0.1) is 35.1 Å². The van der Waals surface area contributed by atoms with Gasteiger partial charge in [-0.1, -0.05) is 12.1 Å². The SMILES string of the molecule is Cc1c(C(=O)Nc2nc(-c3ccc(NS(C)(=O)=O)cc3)cs2)cnn1-c1ccc(F)cc1. The van der Waals surface area contributed by atoms with Gasteiger partial charge >= 0.3 is 0 Å². The van der Waals surface area contributed by atoms with Crippen molar-refractivity contribution in [3.05, 3.63) is 77.2 Å². The predicted octanol–water partition coefficient (Wildman–Crippen LogP) is 4.07. The van der Waals surface area contributed by atoms with Crippen LogP contribution in [0.25, 0.3) is 16.9 Å². The predicted molar refractivity (Wildman–Crippen MR) is 122 cm³/mol. The molecule has 4 rings (SSSR count). The molecule has 0 atom stereocenters. The molecule has 0 aliphatic heterocycles. The summed E-state index contributed by atoms with van der Waals surface area (Å²) in [6, 6.07) is 12.6. The Bertz CT molecular complexity index is 1380. The zero-order valence-electron chi connectivity index (χ0n) is 17.0.